The zero-order valence-corrected chi connectivity index (χ0v) is 36.0. The number of carboxylic acids is 1. The molecule has 334 valence electrons. The summed E-state index contributed by atoms with van der Waals surface area (Å²) in [7, 11) is -5.99. The van der Waals surface area contributed by atoms with Crippen molar-refractivity contribution >= 4 is 66.7 Å². The minimum absolute atomic E-state index is 0.0594. The number of hydrogen-bond acceptors (Lipinski definition) is 8. The van der Waals surface area contributed by atoms with Crippen molar-refractivity contribution in [3.05, 3.63) is 179 Å². The smallest absolute Gasteiger partial charge is 0.478 e. The summed E-state index contributed by atoms with van der Waals surface area (Å²) in [6, 6.07) is 36.6. The molecule has 0 radical (unpaired) electrons. The van der Waals surface area contributed by atoms with Gasteiger partial charge in [0, 0.05) is 71.1 Å². The van der Waals surface area contributed by atoms with E-state index in [0.29, 0.717) is 42.5 Å². The number of rotatable bonds is 15. The van der Waals surface area contributed by atoms with Gasteiger partial charge in [0.05, 0.1) is 5.56 Å². The lowest BCUT2D eigenvalue weighted by Gasteiger charge is -2.15. The zero-order chi connectivity index (χ0) is 45.7. The van der Waals surface area contributed by atoms with Crippen LogP contribution >= 0.6 is 0 Å². The summed E-state index contributed by atoms with van der Waals surface area (Å²) in [5, 5.41) is 17.9. The lowest BCUT2D eigenvalue weighted by Crippen LogP contribution is -2.40. The van der Waals surface area contributed by atoms with Gasteiger partial charge in [-0.05, 0) is 132 Å². The van der Waals surface area contributed by atoms with Gasteiger partial charge in [-0.2, -0.15) is 21.6 Å². The van der Waals surface area contributed by atoms with Crippen molar-refractivity contribution in [1.82, 2.24) is 23.8 Å². The maximum Gasteiger partial charge on any atom is 0.516 e. The SMILES string of the molecule is O=C(O)c1cc(C2CC2)cnc1Nc1ccc2c(ccn2Cc2cccc(C[C@@H]3CC3c3cnc(Nc4ccc5c(ccn5Cc5ccccc5)c4)c(C(=O)NS(=O)(=O)C(F)(F)F)c3)c2)c1. The highest BCUT2D eigenvalue weighted by Gasteiger charge is 2.47. The van der Waals surface area contributed by atoms with Gasteiger partial charge >= 0.3 is 21.5 Å². The van der Waals surface area contributed by atoms with Gasteiger partial charge in [0.15, 0.2) is 0 Å². The molecule has 0 bridgehead atoms. The highest BCUT2D eigenvalue weighted by Crippen LogP contribution is 2.50. The normalized spacial score (nSPS) is 16.0. The van der Waals surface area contributed by atoms with Crippen molar-refractivity contribution in [2.75, 3.05) is 10.6 Å². The van der Waals surface area contributed by atoms with Crippen LogP contribution in [0.5, 0.6) is 0 Å². The standard InChI is InChI=1S/C50H42F3N7O5S/c51-50(52,53)66(64,65)58-48(61)42-25-38(27-55-46(42)56-39-11-13-44-34(21-39)15-17-59(44)28-30-5-2-1-3-6-30)41-23-36(41)20-31-7-4-8-32(19-31)29-60-18-16-35-22-40(12-14-45(35)60)57-47-43(49(62)63)24-37(26-54-47)33-9-10-33/h1-8,11-19,21-22,24-27,33,36,41H,9-10,20,23,28-29H2,(H,54,57)(H,55,56)(H,58,61)(H,62,63)/t36-,41?/m1/s1. The Morgan fingerprint density at radius 3 is 1.88 bits per heavy atom. The number of nitrogens with one attached hydrogen (secondary N) is 3. The number of amides is 1. The second-order valence-electron chi connectivity index (χ2n) is 17.1. The molecule has 2 saturated carbocycles. The minimum atomic E-state index is -5.99. The number of hydrogen-bond donors (Lipinski definition) is 4. The quantitative estimate of drug-likeness (QED) is 0.0785. The van der Waals surface area contributed by atoms with Crippen LogP contribution in [0.3, 0.4) is 0 Å². The fraction of sp³-hybridized carbons (Fsp3) is 0.200. The molecule has 0 aliphatic heterocycles. The molecule has 2 aliphatic carbocycles. The zero-order valence-electron chi connectivity index (χ0n) is 35.2. The molecule has 12 nitrogen and oxygen atoms in total. The number of carbonyl (C=O) groups is 2. The van der Waals surface area contributed by atoms with Crippen LogP contribution in [0.4, 0.5) is 36.2 Å². The summed E-state index contributed by atoms with van der Waals surface area (Å²) in [6.45, 7) is 1.24. The first-order valence-electron chi connectivity index (χ1n) is 21.4. The van der Waals surface area contributed by atoms with E-state index in [0.717, 1.165) is 69.0 Å². The number of carboxylic acid groups (broad SMARTS) is 1. The monoisotopic (exact) mass is 909 g/mol. The number of aromatic nitrogens is 4. The lowest BCUT2D eigenvalue weighted by atomic mass is 10.0. The Balaban J connectivity index is 0.832. The van der Waals surface area contributed by atoms with Crippen molar-refractivity contribution in [3.63, 3.8) is 0 Å². The number of halogens is 3. The highest BCUT2D eigenvalue weighted by atomic mass is 32.2. The van der Waals surface area contributed by atoms with Crippen LogP contribution < -0.4 is 15.4 Å². The molecule has 10 rings (SSSR count). The molecule has 8 aromatic rings. The fourth-order valence-corrected chi connectivity index (χ4v) is 9.17. The number of alkyl halides is 3. The number of benzene rings is 4. The Labute approximate surface area is 377 Å². The first kappa shape index (κ1) is 42.5. The summed E-state index contributed by atoms with van der Waals surface area (Å²) in [5.74, 6) is -1.80. The summed E-state index contributed by atoms with van der Waals surface area (Å²) in [4.78, 5) is 34.3. The number of fused-ring (bicyclic) bond motifs is 2. The molecule has 0 saturated heterocycles. The lowest BCUT2D eigenvalue weighted by molar-refractivity contribution is -0.0446. The second kappa shape index (κ2) is 16.8. The Morgan fingerprint density at radius 2 is 1.26 bits per heavy atom. The van der Waals surface area contributed by atoms with Crippen molar-refractivity contribution in [1.29, 1.82) is 0 Å². The molecule has 2 aliphatic rings. The molecule has 4 N–H and O–H groups in total. The van der Waals surface area contributed by atoms with Crippen LogP contribution in [-0.2, 0) is 29.5 Å². The number of sulfonamides is 1. The van der Waals surface area contributed by atoms with E-state index in [1.165, 1.54) is 10.8 Å². The predicted octanol–water partition coefficient (Wildman–Crippen LogP) is 10.5. The average Bonchev–Trinajstić information content (AvgIpc) is 4.21. The van der Waals surface area contributed by atoms with Gasteiger partial charge in [0.1, 0.15) is 17.2 Å². The van der Waals surface area contributed by atoms with Crippen LogP contribution in [-0.4, -0.2) is 50.0 Å². The topological polar surface area (TPSA) is 160 Å². The van der Waals surface area contributed by atoms with E-state index in [9.17, 15) is 36.3 Å². The van der Waals surface area contributed by atoms with Gasteiger partial charge in [-0.25, -0.2) is 19.5 Å². The first-order chi connectivity index (χ1) is 31.7. The second-order valence-corrected chi connectivity index (χ2v) is 18.8. The number of carbonyl (C=O) groups excluding carboxylic acids is 1. The Bertz CT molecular complexity index is 3290. The van der Waals surface area contributed by atoms with Crippen molar-refractivity contribution in [3.8, 4) is 0 Å². The molecule has 2 fully saturated rings. The molecule has 4 aromatic heterocycles. The van der Waals surface area contributed by atoms with Gasteiger partial charge in [-0.1, -0.05) is 54.6 Å². The summed E-state index contributed by atoms with van der Waals surface area (Å²) in [6.07, 6.45) is 10.8. The van der Waals surface area contributed by atoms with E-state index in [-0.39, 0.29) is 28.8 Å². The van der Waals surface area contributed by atoms with E-state index in [1.807, 2.05) is 103 Å². The van der Waals surface area contributed by atoms with Crippen molar-refractivity contribution < 1.29 is 36.3 Å². The number of pyridine rings is 2. The van der Waals surface area contributed by atoms with Gasteiger partial charge in [0.2, 0.25) is 0 Å². The van der Waals surface area contributed by atoms with Gasteiger partial charge < -0.3 is 24.9 Å². The summed E-state index contributed by atoms with van der Waals surface area (Å²) < 4.78 is 69.8. The maximum absolute atomic E-state index is 13.4. The van der Waals surface area contributed by atoms with Crippen LogP contribution in [0.2, 0.25) is 0 Å². The predicted molar refractivity (Wildman–Crippen MR) is 246 cm³/mol. The van der Waals surface area contributed by atoms with E-state index in [2.05, 4.69) is 35.8 Å². The van der Waals surface area contributed by atoms with Crippen LogP contribution in [0.1, 0.15) is 79.6 Å². The first-order valence-corrected chi connectivity index (χ1v) is 22.9. The van der Waals surface area contributed by atoms with Crippen LogP contribution in [0.15, 0.2) is 140 Å². The Kier molecular flexibility index (Phi) is 10.8. The van der Waals surface area contributed by atoms with E-state index in [1.54, 1.807) is 24.5 Å². The molecule has 4 aromatic carbocycles. The van der Waals surface area contributed by atoms with E-state index < -0.39 is 27.4 Å². The third-order valence-corrected chi connectivity index (χ3v) is 13.4. The third kappa shape index (κ3) is 8.96. The molecule has 66 heavy (non-hydrogen) atoms. The van der Waals surface area contributed by atoms with Gasteiger partial charge in [0.25, 0.3) is 5.91 Å². The maximum atomic E-state index is 13.4. The molecule has 2 atom stereocenters. The summed E-state index contributed by atoms with van der Waals surface area (Å²) >= 11 is 0. The summed E-state index contributed by atoms with van der Waals surface area (Å²) in [5.41, 5.74) is 2.12. The molecule has 4 heterocycles. The number of anilines is 4. The van der Waals surface area contributed by atoms with Crippen molar-refractivity contribution in [2.45, 2.75) is 56.1 Å². The average molecular weight is 910 g/mol. The molecular formula is C50H42F3N7O5S. The Hall–Kier alpha value is -7.46. The molecule has 1 unspecified atom stereocenters. The molecule has 1 amide bonds. The minimum Gasteiger partial charge on any atom is -0.478 e. The number of aromatic carboxylic acids is 1. The number of nitrogens with zero attached hydrogens (tertiary/aromatic N) is 4. The molecular weight excluding hydrogens is 868 g/mol. The van der Waals surface area contributed by atoms with E-state index >= 15 is 0 Å². The van der Waals surface area contributed by atoms with Crippen LogP contribution in [0.25, 0.3) is 21.8 Å². The fourth-order valence-electron chi connectivity index (χ4n) is 8.70. The Morgan fingerprint density at radius 1 is 0.682 bits per heavy atom. The molecule has 0 spiro atoms. The van der Waals surface area contributed by atoms with Crippen molar-refractivity contribution in [2.24, 2.45) is 5.92 Å². The van der Waals surface area contributed by atoms with Gasteiger partial charge in [-0.3, -0.25) is 4.79 Å². The largest absolute Gasteiger partial charge is 0.516 e. The van der Waals surface area contributed by atoms with E-state index in [4.69, 9.17) is 0 Å². The van der Waals surface area contributed by atoms with Gasteiger partial charge in [-0.15, -0.1) is 0 Å². The third-order valence-electron chi connectivity index (χ3n) is 12.3. The molecule has 16 heteroatoms. The van der Waals surface area contributed by atoms with Crippen LogP contribution in [0, 0.1) is 5.92 Å². The highest BCUT2D eigenvalue weighted by molar-refractivity contribution is 7.90.